The fraction of sp³-hybridized carbons (Fsp3) is 0.526. The van der Waals surface area contributed by atoms with Crippen molar-refractivity contribution in [2.24, 2.45) is 5.92 Å². The number of likely N-dealkylation sites (tertiary alicyclic amines) is 1. The quantitative estimate of drug-likeness (QED) is 0.220. The molecule has 2 saturated heterocycles. The van der Waals surface area contributed by atoms with Crippen molar-refractivity contribution < 1.29 is 0 Å². The van der Waals surface area contributed by atoms with Gasteiger partial charge in [0.15, 0.2) is 0 Å². The molecule has 2 aromatic carbocycles. The van der Waals surface area contributed by atoms with Crippen molar-refractivity contribution in [1.29, 1.82) is 0 Å². The van der Waals surface area contributed by atoms with Crippen molar-refractivity contribution in [3.8, 4) is 0 Å². The lowest BCUT2D eigenvalue weighted by Gasteiger charge is -2.39. The van der Waals surface area contributed by atoms with E-state index in [1.54, 1.807) is 0 Å². The van der Waals surface area contributed by atoms with E-state index < -0.39 is 0 Å². The fourth-order valence-electron chi connectivity index (χ4n) is 7.78. The minimum Gasteiger partial charge on any atom is -0.368 e. The number of allylic oxidation sites excluding steroid dienone is 1. The molecule has 0 bridgehead atoms. The average Bonchev–Trinajstić information content (AvgIpc) is 3.51. The predicted octanol–water partition coefficient (Wildman–Crippen LogP) is 7.16. The minimum atomic E-state index is 0.655. The zero-order valence-corrected chi connectivity index (χ0v) is 27.4. The van der Waals surface area contributed by atoms with Gasteiger partial charge in [0, 0.05) is 74.1 Å². The van der Waals surface area contributed by atoms with Crippen LogP contribution in [0.3, 0.4) is 0 Å². The number of hydrogen-bond donors (Lipinski definition) is 0. The first-order valence-electron chi connectivity index (χ1n) is 17.2. The van der Waals surface area contributed by atoms with Gasteiger partial charge < -0.3 is 19.6 Å². The van der Waals surface area contributed by atoms with Gasteiger partial charge in [0.1, 0.15) is 11.6 Å². The highest BCUT2D eigenvalue weighted by Gasteiger charge is 2.30. The third-order valence-corrected chi connectivity index (χ3v) is 10.6. The van der Waals surface area contributed by atoms with Gasteiger partial charge in [-0.15, -0.1) is 0 Å². The number of rotatable bonds is 11. The van der Waals surface area contributed by atoms with Crippen molar-refractivity contribution in [2.75, 3.05) is 55.6 Å². The number of anilines is 2. The minimum absolute atomic E-state index is 0.655. The molecule has 4 heterocycles. The van der Waals surface area contributed by atoms with E-state index in [4.69, 9.17) is 9.97 Å². The summed E-state index contributed by atoms with van der Waals surface area (Å²) in [5.41, 5.74) is 6.26. The molecule has 0 saturated carbocycles. The number of fused-ring (bicyclic) bond motifs is 2. The number of benzene rings is 2. The Balaban J connectivity index is 1.27. The van der Waals surface area contributed by atoms with Gasteiger partial charge in [-0.2, -0.15) is 0 Å². The highest BCUT2D eigenvalue weighted by atomic mass is 15.3. The normalized spacial score (nSPS) is 19.2. The van der Waals surface area contributed by atoms with Crippen molar-refractivity contribution in [3.05, 3.63) is 84.0 Å². The maximum atomic E-state index is 5.36. The SMILES string of the molecule is C=CC(=C)N1CCN(c2nc(CCC3CCCN3CC(CC)CC)nc3c2CCN(c2cccc4cccc(C)c24)C3)CC1. The highest BCUT2D eigenvalue weighted by Crippen LogP contribution is 2.35. The van der Waals surface area contributed by atoms with E-state index >= 15 is 0 Å². The van der Waals surface area contributed by atoms with Gasteiger partial charge in [0.05, 0.1) is 12.2 Å². The number of aromatic nitrogens is 2. The van der Waals surface area contributed by atoms with Crippen LogP contribution in [0.2, 0.25) is 0 Å². The average molecular weight is 593 g/mol. The predicted molar refractivity (Wildman–Crippen MR) is 186 cm³/mol. The van der Waals surface area contributed by atoms with Crippen LogP contribution in [0.25, 0.3) is 10.8 Å². The van der Waals surface area contributed by atoms with Gasteiger partial charge >= 0.3 is 0 Å². The second-order valence-corrected chi connectivity index (χ2v) is 13.2. The molecule has 6 nitrogen and oxygen atoms in total. The summed E-state index contributed by atoms with van der Waals surface area (Å²) in [6, 6.07) is 14.0. The third kappa shape index (κ3) is 6.37. The zero-order chi connectivity index (χ0) is 30.6. The molecule has 1 aromatic heterocycles. The molecule has 0 N–H and O–H groups in total. The van der Waals surface area contributed by atoms with E-state index in [0.29, 0.717) is 6.04 Å². The van der Waals surface area contributed by atoms with E-state index in [9.17, 15) is 0 Å². The van der Waals surface area contributed by atoms with Gasteiger partial charge in [0.2, 0.25) is 0 Å². The number of piperazine rings is 1. The smallest absolute Gasteiger partial charge is 0.136 e. The fourth-order valence-corrected chi connectivity index (χ4v) is 7.78. The molecule has 3 aromatic rings. The molecule has 2 fully saturated rings. The topological polar surface area (TPSA) is 38.7 Å². The van der Waals surface area contributed by atoms with Gasteiger partial charge in [-0.25, -0.2) is 9.97 Å². The van der Waals surface area contributed by atoms with Crippen molar-refractivity contribution in [3.63, 3.8) is 0 Å². The molecule has 1 atom stereocenters. The summed E-state index contributed by atoms with van der Waals surface area (Å²) in [5, 5.41) is 2.68. The van der Waals surface area contributed by atoms with Crippen LogP contribution in [0.15, 0.2) is 61.3 Å². The molecule has 0 radical (unpaired) electrons. The van der Waals surface area contributed by atoms with Gasteiger partial charge in [0.25, 0.3) is 0 Å². The van der Waals surface area contributed by atoms with Crippen molar-refractivity contribution >= 4 is 22.3 Å². The van der Waals surface area contributed by atoms with Crippen LogP contribution in [-0.2, 0) is 19.4 Å². The third-order valence-electron chi connectivity index (χ3n) is 10.6. The molecule has 3 aliphatic heterocycles. The Kier molecular flexibility index (Phi) is 9.56. The highest BCUT2D eigenvalue weighted by molar-refractivity contribution is 5.97. The number of hydrogen-bond acceptors (Lipinski definition) is 6. The second-order valence-electron chi connectivity index (χ2n) is 13.2. The van der Waals surface area contributed by atoms with Crippen LogP contribution >= 0.6 is 0 Å². The van der Waals surface area contributed by atoms with E-state index in [2.05, 4.69) is 89.9 Å². The lowest BCUT2D eigenvalue weighted by molar-refractivity contribution is 0.199. The Hall–Kier alpha value is -3.38. The van der Waals surface area contributed by atoms with Crippen LogP contribution in [0.5, 0.6) is 0 Å². The van der Waals surface area contributed by atoms with Gasteiger partial charge in [-0.3, -0.25) is 0 Å². The largest absolute Gasteiger partial charge is 0.368 e. The lowest BCUT2D eigenvalue weighted by atomic mass is 9.99. The first-order chi connectivity index (χ1) is 21.5. The van der Waals surface area contributed by atoms with Gasteiger partial charge in [-0.1, -0.05) is 70.2 Å². The molecule has 0 amide bonds. The van der Waals surface area contributed by atoms with Crippen LogP contribution in [-0.4, -0.2) is 71.6 Å². The van der Waals surface area contributed by atoms with Crippen LogP contribution in [0.1, 0.15) is 68.6 Å². The zero-order valence-electron chi connectivity index (χ0n) is 27.4. The Labute approximate surface area is 265 Å². The van der Waals surface area contributed by atoms with Crippen LogP contribution < -0.4 is 9.80 Å². The molecular formula is C38H52N6. The Morgan fingerprint density at radius 2 is 1.75 bits per heavy atom. The summed E-state index contributed by atoms with van der Waals surface area (Å²) in [5.74, 6) is 3.02. The summed E-state index contributed by atoms with van der Waals surface area (Å²) in [6.07, 6.45) is 10.1. The maximum absolute atomic E-state index is 5.36. The van der Waals surface area contributed by atoms with Gasteiger partial charge in [-0.05, 0) is 68.2 Å². The van der Waals surface area contributed by atoms with Crippen LogP contribution in [0.4, 0.5) is 11.5 Å². The maximum Gasteiger partial charge on any atom is 0.136 e. The van der Waals surface area contributed by atoms with E-state index in [1.807, 2.05) is 6.08 Å². The molecule has 1 unspecified atom stereocenters. The summed E-state index contributed by atoms with van der Waals surface area (Å²) >= 11 is 0. The summed E-state index contributed by atoms with van der Waals surface area (Å²) in [4.78, 5) is 20.9. The Bertz CT molecular complexity index is 1460. The summed E-state index contributed by atoms with van der Waals surface area (Å²) < 4.78 is 0. The first-order valence-corrected chi connectivity index (χ1v) is 17.2. The molecule has 3 aliphatic rings. The lowest BCUT2D eigenvalue weighted by Crippen LogP contribution is -2.46. The molecule has 0 aliphatic carbocycles. The van der Waals surface area contributed by atoms with E-state index in [-0.39, 0.29) is 0 Å². The molecule has 0 spiro atoms. The summed E-state index contributed by atoms with van der Waals surface area (Å²) in [7, 11) is 0. The standard InChI is InChI=1S/C38H52N6/c1-6-29(5)41-22-24-42(25-23-41)38-33-19-21-44(35-16-10-14-31-13-9-12-28(4)37(31)35)27-34(33)39-36(40-38)18-17-32-15-11-20-43(32)26-30(7-2)8-3/h6,9-10,12-14,16,30,32H,1,5,7-8,11,15,17-27H2,2-4H3. The molecular weight excluding hydrogens is 540 g/mol. The van der Waals surface area contributed by atoms with E-state index in [1.165, 1.54) is 77.9 Å². The monoisotopic (exact) mass is 592 g/mol. The van der Waals surface area contributed by atoms with Crippen molar-refractivity contribution in [1.82, 2.24) is 19.8 Å². The number of nitrogens with zero attached hydrogens (tertiary/aromatic N) is 6. The van der Waals surface area contributed by atoms with Crippen molar-refractivity contribution in [2.45, 2.75) is 78.3 Å². The van der Waals surface area contributed by atoms with E-state index in [0.717, 1.165) is 76.0 Å². The Morgan fingerprint density at radius 1 is 0.977 bits per heavy atom. The second kappa shape index (κ2) is 13.7. The number of aryl methyl sites for hydroxylation is 2. The first kappa shape index (κ1) is 30.6. The molecule has 234 valence electrons. The summed E-state index contributed by atoms with van der Waals surface area (Å²) in [6.45, 7) is 23.2. The van der Waals surface area contributed by atoms with Crippen LogP contribution in [0, 0.1) is 12.8 Å². The Morgan fingerprint density at radius 3 is 2.50 bits per heavy atom. The molecule has 6 rings (SSSR count). The molecule has 6 heteroatoms. The molecule has 44 heavy (non-hydrogen) atoms.